The van der Waals surface area contributed by atoms with Crippen molar-refractivity contribution in [3.8, 4) is 5.75 Å². The number of aromatic nitrogens is 3. The van der Waals surface area contributed by atoms with Crippen LogP contribution in [0.1, 0.15) is 5.56 Å². The second-order valence-electron chi connectivity index (χ2n) is 4.44. The highest BCUT2D eigenvalue weighted by Crippen LogP contribution is 2.20. The molecule has 0 fully saturated rings. The van der Waals surface area contributed by atoms with Crippen molar-refractivity contribution in [1.29, 1.82) is 0 Å². The maximum Gasteiger partial charge on any atom is 0.115 e. The van der Waals surface area contributed by atoms with E-state index in [0.29, 0.717) is 6.54 Å². The van der Waals surface area contributed by atoms with E-state index in [2.05, 4.69) is 22.6 Å². The van der Waals surface area contributed by atoms with Crippen LogP contribution < -0.4 is 0 Å². The van der Waals surface area contributed by atoms with Gasteiger partial charge < -0.3 is 5.11 Å². The molecular formula is C16H13N3O. The zero-order valence-electron chi connectivity index (χ0n) is 10.8. The van der Waals surface area contributed by atoms with E-state index in [1.165, 1.54) is 0 Å². The number of fused-ring (bicyclic) bond motifs is 1. The third-order valence-corrected chi connectivity index (χ3v) is 3.16. The normalized spacial score (nSPS) is 10.4. The van der Waals surface area contributed by atoms with Gasteiger partial charge in [0, 0.05) is 5.57 Å². The molecule has 0 saturated heterocycles. The maximum atomic E-state index is 9.34. The Hall–Kier alpha value is -2.84. The van der Waals surface area contributed by atoms with Gasteiger partial charge >= 0.3 is 0 Å². The highest BCUT2D eigenvalue weighted by molar-refractivity contribution is 5.75. The number of rotatable bonds is 3. The van der Waals surface area contributed by atoms with E-state index in [4.69, 9.17) is 0 Å². The van der Waals surface area contributed by atoms with Gasteiger partial charge in [-0.2, -0.15) is 0 Å². The van der Waals surface area contributed by atoms with Crippen LogP contribution in [0.25, 0.3) is 16.6 Å². The van der Waals surface area contributed by atoms with E-state index < -0.39 is 0 Å². The lowest BCUT2D eigenvalue weighted by Crippen LogP contribution is -2.02. The molecule has 0 bridgehead atoms. The number of phenolic OH excluding ortho intramolecular Hbond substituents is 1. The molecule has 4 heteroatoms. The second kappa shape index (κ2) is 5.03. The van der Waals surface area contributed by atoms with Crippen molar-refractivity contribution >= 4 is 16.6 Å². The number of para-hydroxylation sites is 1. The zero-order valence-corrected chi connectivity index (χ0v) is 10.8. The molecule has 0 atom stereocenters. The van der Waals surface area contributed by atoms with Crippen LogP contribution in [0.2, 0.25) is 0 Å². The lowest BCUT2D eigenvalue weighted by Gasteiger charge is -2.06. The molecule has 1 aromatic heterocycles. The highest BCUT2D eigenvalue weighted by Gasteiger charge is 2.07. The monoisotopic (exact) mass is 263 g/mol. The zero-order chi connectivity index (χ0) is 13.9. The van der Waals surface area contributed by atoms with Gasteiger partial charge in [-0.1, -0.05) is 36.1 Å². The van der Waals surface area contributed by atoms with E-state index in [-0.39, 0.29) is 5.75 Å². The molecule has 1 N–H and O–H groups in total. The fraction of sp³-hybridized carbons (Fsp3) is 0.0625. The maximum absolute atomic E-state index is 9.34. The number of nitrogens with zero attached hydrogens (tertiary/aromatic N) is 3. The number of phenols is 1. The van der Waals surface area contributed by atoms with E-state index in [1.807, 2.05) is 41.1 Å². The molecular weight excluding hydrogens is 250 g/mol. The predicted molar refractivity (Wildman–Crippen MR) is 78.2 cm³/mol. The van der Waals surface area contributed by atoms with Crippen molar-refractivity contribution < 1.29 is 5.11 Å². The summed E-state index contributed by atoms with van der Waals surface area (Å²) in [6.45, 7) is 4.27. The third-order valence-electron chi connectivity index (χ3n) is 3.16. The lowest BCUT2D eigenvalue weighted by molar-refractivity contribution is 0.475. The molecule has 0 saturated carbocycles. The highest BCUT2D eigenvalue weighted by atomic mass is 16.3. The molecule has 3 aromatic rings. The largest absolute Gasteiger partial charge is 0.508 e. The van der Waals surface area contributed by atoms with Crippen molar-refractivity contribution in [3.63, 3.8) is 0 Å². The van der Waals surface area contributed by atoms with Gasteiger partial charge in [0.15, 0.2) is 0 Å². The first-order valence-corrected chi connectivity index (χ1v) is 6.24. The van der Waals surface area contributed by atoms with Gasteiger partial charge in [0.1, 0.15) is 11.3 Å². The molecule has 0 unspecified atom stereocenters. The Kier molecular flexibility index (Phi) is 3.07. The minimum absolute atomic E-state index is 0.239. The summed E-state index contributed by atoms with van der Waals surface area (Å²) in [6.07, 6.45) is 0. The van der Waals surface area contributed by atoms with Crippen LogP contribution in [-0.4, -0.2) is 20.1 Å². The SMILES string of the molecule is C=C=C(Cn1nnc2ccccc21)c1ccc(O)cc1. The molecule has 0 aliphatic rings. The van der Waals surface area contributed by atoms with Gasteiger partial charge in [0.2, 0.25) is 0 Å². The first kappa shape index (κ1) is 12.2. The number of hydrogen-bond donors (Lipinski definition) is 1. The summed E-state index contributed by atoms with van der Waals surface area (Å²) in [5.74, 6) is 0.239. The molecule has 1 heterocycles. The minimum atomic E-state index is 0.239. The first-order chi connectivity index (χ1) is 9.78. The number of benzene rings is 2. The molecule has 0 amide bonds. The van der Waals surface area contributed by atoms with Crippen LogP contribution >= 0.6 is 0 Å². The number of aromatic hydroxyl groups is 1. The molecule has 0 radical (unpaired) electrons. The van der Waals surface area contributed by atoms with E-state index >= 15 is 0 Å². The Morgan fingerprint density at radius 2 is 1.90 bits per heavy atom. The van der Waals surface area contributed by atoms with E-state index in [0.717, 1.165) is 22.2 Å². The van der Waals surface area contributed by atoms with Crippen LogP contribution in [0, 0.1) is 0 Å². The quantitative estimate of drug-likeness (QED) is 0.739. The Morgan fingerprint density at radius 1 is 1.15 bits per heavy atom. The Labute approximate surface area is 116 Å². The molecule has 2 aromatic carbocycles. The average molecular weight is 263 g/mol. The van der Waals surface area contributed by atoms with Crippen LogP contribution in [0.5, 0.6) is 5.75 Å². The van der Waals surface area contributed by atoms with Gasteiger partial charge in [-0.15, -0.1) is 10.8 Å². The number of hydrogen-bond acceptors (Lipinski definition) is 3. The summed E-state index contributed by atoms with van der Waals surface area (Å²) in [4.78, 5) is 0. The third kappa shape index (κ3) is 2.20. The second-order valence-corrected chi connectivity index (χ2v) is 4.44. The smallest absolute Gasteiger partial charge is 0.115 e. The van der Waals surface area contributed by atoms with Crippen molar-refractivity contribution in [2.24, 2.45) is 0 Å². The fourth-order valence-electron chi connectivity index (χ4n) is 2.10. The standard InChI is InChI=1S/C16H13N3O/c1-2-12(13-7-9-14(20)10-8-13)11-19-16-6-4-3-5-15(16)17-18-19/h3-10,20H,1,11H2. The van der Waals surface area contributed by atoms with Gasteiger partial charge in [-0.05, 0) is 29.8 Å². The molecule has 3 rings (SSSR count). The lowest BCUT2D eigenvalue weighted by atomic mass is 10.1. The fourth-order valence-corrected chi connectivity index (χ4v) is 2.10. The summed E-state index contributed by atoms with van der Waals surface area (Å²) in [6, 6.07) is 14.8. The van der Waals surface area contributed by atoms with Gasteiger partial charge in [-0.3, -0.25) is 0 Å². The summed E-state index contributed by atoms with van der Waals surface area (Å²) < 4.78 is 1.82. The minimum Gasteiger partial charge on any atom is -0.508 e. The topological polar surface area (TPSA) is 50.9 Å². The van der Waals surface area contributed by atoms with Crippen LogP contribution in [-0.2, 0) is 6.54 Å². The van der Waals surface area contributed by atoms with Gasteiger partial charge in [-0.25, -0.2) is 4.68 Å². The summed E-state index contributed by atoms with van der Waals surface area (Å²) in [5.41, 5.74) is 6.63. The Morgan fingerprint density at radius 3 is 2.65 bits per heavy atom. The first-order valence-electron chi connectivity index (χ1n) is 6.24. The van der Waals surface area contributed by atoms with Crippen LogP contribution in [0.15, 0.2) is 60.8 Å². The van der Waals surface area contributed by atoms with Crippen molar-refractivity contribution in [3.05, 3.63) is 66.4 Å². The van der Waals surface area contributed by atoms with Gasteiger partial charge in [0.05, 0.1) is 12.1 Å². The molecule has 0 aliphatic heterocycles. The van der Waals surface area contributed by atoms with Crippen molar-refractivity contribution in [1.82, 2.24) is 15.0 Å². The summed E-state index contributed by atoms with van der Waals surface area (Å²) in [7, 11) is 0. The average Bonchev–Trinajstić information content (AvgIpc) is 2.89. The number of allylic oxidation sites excluding steroid dienone is 1. The molecule has 20 heavy (non-hydrogen) atoms. The molecule has 0 spiro atoms. The summed E-state index contributed by atoms with van der Waals surface area (Å²) in [5, 5.41) is 17.6. The Bertz CT molecular complexity index is 796. The van der Waals surface area contributed by atoms with Crippen LogP contribution in [0.3, 0.4) is 0 Å². The van der Waals surface area contributed by atoms with Crippen molar-refractivity contribution in [2.75, 3.05) is 0 Å². The summed E-state index contributed by atoms with van der Waals surface area (Å²) >= 11 is 0. The van der Waals surface area contributed by atoms with Crippen molar-refractivity contribution in [2.45, 2.75) is 6.54 Å². The predicted octanol–water partition coefficient (Wildman–Crippen LogP) is 3.01. The van der Waals surface area contributed by atoms with E-state index in [1.54, 1.807) is 12.1 Å². The molecule has 0 aliphatic carbocycles. The molecule has 98 valence electrons. The molecule has 4 nitrogen and oxygen atoms in total. The Balaban J connectivity index is 1.96. The van der Waals surface area contributed by atoms with E-state index in [9.17, 15) is 5.11 Å². The van der Waals surface area contributed by atoms with Gasteiger partial charge in [0.25, 0.3) is 0 Å². The van der Waals surface area contributed by atoms with Crippen LogP contribution in [0.4, 0.5) is 0 Å².